The Balaban J connectivity index is 1.69. The Hall–Kier alpha value is -2.33. The van der Waals surface area contributed by atoms with Crippen molar-refractivity contribution in [1.29, 1.82) is 5.26 Å². The fraction of sp³-hybridized carbons (Fsp3) is 0.318. The lowest BCUT2D eigenvalue weighted by Crippen LogP contribution is -2.11. The van der Waals surface area contributed by atoms with Gasteiger partial charge in [-0.3, -0.25) is 0 Å². The molecule has 1 aliphatic carbocycles. The maximum Gasteiger partial charge on any atom is 0.0991 e. The first-order valence-corrected chi connectivity index (χ1v) is 8.53. The third kappa shape index (κ3) is 3.71. The van der Waals surface area contributed by atoms with Gasteiger partial charge in [0.05, 0.1) is 11.6 Å². The molecule has 0 N–H and O–H groups in total. The zero-order valence-electron chi connectivity index (χ0n) is 13.7. The monoisotopic (exact) mass is 301 g/mol. The maximum atomic E-state index is 8.88. The first-order valence-electron chi connectivity index (χ1n) is 8.53. The van der Waals surface area contributed by atoms with E-state index in [4.69, 9.17) is 5.26 Å². The average Bonchev–Trinajstić information content (AvgIpc) is 2.63. The molecule has 0 unspecified atom stereocenters. The van der Waals surface area contributed by atoms with Gasteiger partial charge in [-0.1, -0.05) is 48.6 Å². The van der Waals surface area contributed by atoms with Crippen LogP contribution in [0.1, 0.15) is 49.7 Å². The molecule has 1 fully saturated rings. The SMILES string of the molecule is CC=CC1CCC(c2ccc(-c3ccc(C#N)cc3)cc2)CC1. The highest BCUT2D eigenvalue weighted by molar-refractivity contribution is 5.64. The number of hydrogen-bond donors (Lipinski definition) is 0. The van der Waals surface area contributed by atoms with Crippen LogP contribution in [0, 0.1) is 17.2 Å². The topological polar surface area (TPSA) is 23.8 Å². The van der Waals surface area contributed by atoms with Crippen LogP contribution >= 0.6 is 0 Å². The van der Waals surface area contributed by atoms with Crippen molar-refractivity contribution in [3.8, 4) is 17.2 Å². The second-order valence-electron chi connectivity index (χ2n) is 6.45. The van der Waals surface area contributed by atoms with Gasteiger partial charge in [-0.25, -0.2) is 0 Å². The van der Waals surface area contributed by atoms with Crippen LogP contribution in [-0.4, -0.2) is 0 Å². The van der Waals surface area contributed by atoms with Gasteiger partial charge in [-0.05, 0) is 73.3 Å². The van der Waals surface area contributed by atoms with Crippen molar-refractivity contribution in [3.05, 3.63) is 71.8 Å². The number of rotatable bonds is 3. The number of allylic oxidation sites excluding steroid dienone is 2. The molecular formula is C22H23N. The molecule has 2 aromatic carbocycles. The molecule has 2 aromatic rings. The van der Waals surface area contributed by atoms with Crippen molar-refractivity contribution in [2.45, 2.75) is 38.5 Å². The van der Waals surface area contributed by atoms with E-state index in [0.717, 1.165) is 5.92 Å². The Morgan fingerprint density at radius 2 is 1.43 bits per heavy atom. The summed E-state index contributed by atoms with van der Waals surface area (Å²) in [6.07, 6.45) is 9.77. The van der Waals surface area contributed by atoms with Gasteiger partial charge in [0.15, 0.2) is 0 Å². The lowest BCUT2D eigenvalue weighted by atomic mass is 9.78. The summed E-state index contributed by atoms with van der Waals surface area (Å²) in [6.45, 7) is 2.12. The highest BCUT2D eigenvalue weighted by Crippen LogP contribution is 2.36. The molecule has 3 rings (SSSR count). The van der Waals surface area contributed by atoms with Crippen molar-refractivity contribution >= 4 is 0 Å². The van der Waals surface area contributed by atoms with E-state index in [2.05, 4.69) is 49.4 Å². The van der Waals surface area contributed by atoms with Crippen LogP contribution in [0.2, 0.25) is 0 Å². The molecule has 1 saturated carbocycles. The molecule has 23 heavy (non-hydrogen) atoms. The quantitative estimate of drug-likeness (QED) is 0.631. The second-order valence-corrected chi connectivity index (χ2v) is 6.45. The Morgan fingerprint density at radius 3 is 1.96 bits per heavy atom. The molecule has 0 amide bonds. The molecule has 0 aromatic heterocycles. The second kappa shape index (κ2) is 7.29. The zero-order valence-corrected chi connectivity index (χ0v) is 13.7. The van der Waals surface area contributed by atoms with Crippen LogP contribution in [0.3, 0.4) is 0 Å². The molecule has 0 spiro atoms. The summed E-state index contributed by atoms with van der Waals surface area (Å²) in [5, 5.41) is 8.88. The van der Waals surface area contributed by atoms with Gasteiger partial charge in [-0.2, -0.15) is 5.26 Å². The summed E-state index contributed by atoms with van der Waals surface area (Å²) in [5.74, 6) is 1.50. The summed E-state index contributed by atoms with van der Waals surface area (Å²) in [5.41, 5.74) is 4.58. The van der Waals surface area contributed by atoms with Gasteiger partial charge < -0.3 is 0 Å². The van der Waals surface area contributed by atoms with Crippen LogP contribution in [-0.2, 0) is 0 Å². The molecule has 1 heteroatoms. The average molecular weight is 301 g/mol. The first kappa shape index (κ1) is 15.6. The van der Waals surface area contributed by atoms with Gasteiger partial charge in [0.1, 0.15) is 0 Å². The fourth-order valence-corrected chi connectivity index (χ4v) is 3.60. The normalized spacial score (nSPS) is 21.2. The zero-order chi connectivity index (χ0) is 16.1. The lowest BCUT2D eigenvalue weighted by molar-refractivity contribution is 0.376. The number of hydrogen-bond acceptors (Lipinski definition) is 1. The molecule has 1 nitrogen and oxygen atoms in total. The van der Waals surface area contributed by atoms with Crippen molar-refractivity contribution in [2.75, 3.05) is 0 Å². The highest BCUT2D eigenvalue weighted by atomic mass is 14.3. The van der Waals surface area contributed by atoms with E-state index in [9.17, 15) is 0 Å². The molecule has 116 valence electrons. The molecule has 0 aliphatic heterocycles. The van der Waals surface area contributed by atoms with Crippen LogP contribution in [0.25, 0.3) is 11.1 Å². The molecule has 1 aliphatic rings. The van der Waals surface area contributed by atoms with E-state index in [1.807, 2.05) is 24.3 Å². The van der Waals surface area contributed by atoms with Crippen LogP contribution in [0.4, 0.5) is 0 Å². The Morgan fingerprint density at radius 1 is 0.870 bits per heavy atom. The van der Waals surface area contributed by atoms with Gasteiger partial charge in [0.25, 0.3) is 0 Å². The smallest absolute Gasteiger partial charge is 0.0991 e. The minimum atomic E-state index is 0.711. The Bertz CT molecular complexity index is 693. The summed E-state index contributed by atoms with van der Waals surface area (Å²) in [7, 11) is 0. The van der Waals surface area contributed by atoms with Crippen molar-refractivity contribution in [3.63, 3.8) is 0 Å². The minimum Gasteiger partial charge on any atom is -0.192 e. The van der Waals surface area contributed by atoms with E-state index in [1.165, 1.54) is 42.4 Å². The Kier molecular flexibility index (Phi) is 4.93. The van der Waals surface area contributed by atoms with Gasteiger partial charge in [-0.15, -0.1) is 0 Å². The fourth-order valence-electron chi connectivity index (χ4n) is 3.60. The molecule has 0 radical (unpaired) electrons. The van der Waals surface area contributed by atoms with E-state index < -0.39 is 0 Å². The first-order chi connectivity index (χ1) is 11.3. The van der Waals surface area contributed by atoms with E-state index in [1.54, 1.807) is 0 Å². The van der Waals surface area contributed by atoms with Crippen LogP contribution < -0.4 is 0 Å². The largest absolute Gasteiger partial charge is 0.192 e. The van der Waals surface area contributed by atoms with Crippen LogP contribution in [0.15, 0.2) is 60.7 Å². The molecule has 0 bridgehead atoms. The van der Waals surface area contributed by atoms with Gasteiger partial charge in [0, 0.05) is 0 Å². The molecular weight excluding hydrogens is 278 g/mol. The lowest BCUT2D eigenvalue weighted by Gasteiger charge is -2.27. The number of nitrogens with zero attached hydrogens (tertiary/aromatic N) is 1. The molecule has 0 heterocycles. The standard InChI is InChI=1S/C22H23N/c1-2-3-17-4-8-19(9-5-17)21-12-14-22(15-13-21)20-10-6-18(16-23)7-11-20/h2-3,6-7,10-15,17,19H,4-5,8-9H2,1H3. The van der Waals surface area contributed by atoms with E-state index in [0.29, 0.717) is 11.5 Å². The summed E-state index contributed by atoms with van der Waals surface area (Å²) < 4.78 is 0. The number of benzene rings is 2. The van der Waals surface area contributed by atoms with E-state index >= 15 is 0 Å². The summed E-state index contributed by atoms with van der Waals surface area (Å²) in [4.78, 5) is 0. The van der Waals surface area contributed by atoms with Crippen molar-refractivity contribution < 1.29 is 0 Å². The van der Waals surface area contributed by atoms with Gasteiger partial charge in [0.2, 0.25) is 0 Å². The molecule has 0 saturated heterocycles. The Labute approximate surface area is 139 Å². The number of nitriles is 1. The summed E-state index contributed by atoms with van der Waals surface area (Å²) in [6, 6.07) is 19.0. The predicted octanol–water partition coefficient (Wildman–Crippen LogP) is 6.08. The van der Waals surface area contributed by atoms with Crippen LogP contribution in [0.5, 0.6) is 0 Å². The van der Waals surface area contributed by atoms with Crippen molar-refractivity contribution in [2.24, 2.45) is 5.92 Å². The predicted molar refractivity (Wildman–Crippen MR) is 96.1 cm³/mol. The summed E-state index contributed by atoms with van der Waals surface area (Å²) >= 11 is 0. The highest BCUT2D eigenvalue weighted by Gasteiger charge is 2.20. The molecule has 0 atom stereocenters. The third-order valence-corrected chi connectivity index (χ3v) is 4.97. The minimum absolute atomic E-state index is 0.711. The van der Waals surface area contributed by atoms with E-state index in [-0.39, 0.29) is 0 Å². The van der Waals surface area contributed by atoms with Gasteiger partial charge >= 0.3 is 0 Å². The maximum absolute atomic E-state index is 8.88. The third-order valence-electron chi connectivity index (χ3n) is 4.97. The van der Waals surface area contributed by atoms with Crippen molar-refractivity contribution in [1.82, 2.24) is 0 Å².